The summed E-state index contributed by atoms with van der Waals surface area (Å²) in [5.74, 6) is 0.937. The molecular weight excluding hydrogens is 254 g/mol. The molecule has 1 aromatic rings. The fraction of sp³-hybridized carbons (Fsp3) is 0.625. The van der Waals surface area contributed by atoms with Gasteiger partial charge in [-0.05, 0) is 32.9 Å². The third-order valence-electron chi connectivity index (χ3n) is 3.20. The lowest BCUT2D eigenvalue weighted by atomic mass is 10.0. The lowest BCUT2D eigenvalue weighted by Gasteiger charge is -2.18. The van der Waals surface area contributed by atoms with Gasteiger partial charge in [0.2, 0.25) is 0 Å². The Morgan fingerprint density at radius 3 is 2.65 bits per heavy atom. The van der Waals surface area contributed by atoms with Gasteiger partial charge in [-0.1, -0.05) is 17.7 Å². The molecule has 0 saturated carbocycles. The minimum atomic E-state index is 0.267. The Kier molecular flexibility index (Phi) is 8.26. The zero-order valence-electron chi connectivity index (χ0n) is 13.1. The molecule has 0 amide bonds. The Balaban J connectivity index is 2.32. The molecule has 1 unspecified atom stereocenters. The number of benzene rings is 1. The number of aryl methyl sites for hydroxylation is 1. The van der Waals surface area contributed by atoms with Gasteiger partial charge in [0.05, 0.1) is 20.3 Å². The molecule has 4 nitrogen and oxygen atoms in total. The van der Waals surface area contributed by atoms with E-state index in [9.17, 15) is 0 Å². The molecule has 0 spiro atoms. The Hall–Kier alpha value is -1.10. The molecule has 0 aromatic heterocycles. The predicted octanol–water partition coefficient (Wildman–Crippen LogP) is 2.71. The van der Waals surface area contributed by atoms with Crippen molar-refractivity contribution in [1.29, 1.82) is 0 Å². The van der Waals surface area contributed by atoms with E-state index >= 15 is 0 Å². The molecule has 0 aliphatic carbocycles. The number of methoxy groups -OCH3 is 2. The van der Waals surface area contributed by atoms with Gasteiger partial charge in [-0.15, -0.1) is 0 Å². The highest BCUT2D eigenvalue weighted by Gasteiger charge is 2.10. The Morgan fingerprint density at radius 2 is 1.95 bits per heavy atom. The number of hydrogen-bond donors (Lipinski definition) is 1. The van der Waals surface area contributed by atoms with Crippen LogP contribution >= 0.6 is 0 Å². The van der Waals surface area contributed by atoms with Crippen LogP contribution in [0.25, 0.3) is 0 Å². The first-order valence-corrected chi connectivity index (χ1v) is 7.13. The molecule has 4 heteroatoms. The number of ether oxygens (including phenoxy) is 3. The minimum Gasteiger partial charge on any atom is -0.496 e. The van der Waals surface area contributed by atoms with E-state index in [0.29, 0.717) is 13.2 Å². The van der Waals surface area contributed by atoms with E-state index in [1.54, 1.807) is 14.2 Å². The summed E-state index contributed by atoms with van der Waals surface area (Å²) >= 11 is 0. The molecule has 1 atom stereocenters. The van der Waals surface area contributed by atoms with E-state index in [4.69, 9.17) is 14.2 Å². The van der Waals surface area contributed by atoms with Gasteiger partial charge in [0.1, 0.15) is 5.75 Å². The maximum Gasteiger partial charge on any atom is 0.123 e. The highest BCUT2D eigenvalue weighted by Crippen LogP contribution is 2.25. The number of nitrogens with one attached hydrogen (secondary N) is 1. The second-order valence-electron chi connectivity index (χ2n) is 4.88. The molecular formula is C16H27NO3. The van der Waals surface area contributed by atoms with Crippen LogP contribution in [0, 0.1) is 6.92 Å². The van der Waals surface area contributed by atoms with Crippen LogP contribution in [0.3, 0.4) is 0 Å². The zero-order valence-corrected chi connectivity index (χ0v) is 13.1. The summed E-state index contributed by atoms with van der Waals surface area (Å²) in [7, 11) is 3.40. The Morgan fingerprint density at radius 1 is 1.15 bits per heavy atom. The lowest BCUT2D eigenvalue weighted by Crippen LogP contribution is -2.21. The van der Waals surface area contributed by atoms with Crippen molar-refractivity contribution >= 4 is 0 Å². The summed E-state index contributed by atoms with van der Waals surface area (Å²) in [6.45, 7) is 7.25. The fourth-order valence-electron chi connectivity index (χ4n) is 2.04. The molecule has 0 radical (unpaired) electrons. The van der Waals surface area contributed by atoms with Crippen LogP contribution in [-0.2, 0) is 9.47 Å². The van der Waals surface area contributed by atoms with E-state index in [-0.39, 0.29) is 6.04 Å². The number of rotatable bonds is 10. The summed E-state index contributed by atoms with van der Waals surface area (Å²) in [5, 5.41) is 3.50. The maximum absolute atomic E-state index is 5.44. The van der Waals surface area contributed by atoms with E-state index < -0.39 is 0 Å². The quantitative estimate of drug-likeness (QED) is 0.669. The number of hydrogen-bond acceptors (Lipinski definition) is 4. The molecule has 20 heavy (non-hydrogen) atoms. The van der Waals surface area contributed by atoms with Gasteiger partial charge in [0.15, 0.2) is 0 Å². The summed E-state index contributed by atoms with van der Waals surface area (Å²) in [6.07, 6.45) is 0.988. The van der Waals surface area contributed by atoms with Crippen molar-refractivity contribution in [1.82, 2.24) is 5.32 Å². The van der Waals surface area contributed by atoms with E-state index in [2.05, 4.69) is 31.3 Å². The SMILES string of the molecule is COCCOCCCNC(C)c1cc(C)ccc1OC. The van der Waals surface area contributed by atoms with E-state index in [1.807, 2.05) is 6.07 Å². The molecule has 0 bridgehead atoms. The highest BCUT2D eigenvalue weighted by atomic mass is 16.5. The third-order valence-corrected chi connectivity index (χ3v) is 3.20. The summed E-state index contributed by atoms with van der Waals surface area (Å²) in [4.78, 5) is 0. The first kappa shape index (κ1) is 17.0. The molecule has 114 valence electrons. The van der Waals surface area contributed by atoms with Crippen LogP contribution in [0.15, 0.2) is 18.2 Å². The van der Waals surface area contributed by atoms with Crippen molar-refractivity contribution in [3.8, 4) is 5.75 Å². The minimum absolute atomic E-state index is 0.267. The van der Waals surface area contributed by atoms with Crippen molar-refractivity contribution < 1.29 is 14.2 Å². The van der Waals surface area contributed by atoms with Crippen LogP contribution in [0.1, 0.15) is 30.5 Å². The van der Waals surface area contributed by atoms with Gasteiger partial charge in [0, 0.05) is 25.3 Å². The smallest absolute Gasteiger partial charge is 0.123 e. The Labute approximate surface area is 122 Å². The summed E-state index contributed by atoms with van der Waals surface area (Å²) < 4.78 is 15.8. The molecule has 0 saturated heterocycles. The third kappa shape index (κ3) is 5.90. The first-order chi connectivity index (χ1) is 9.69. The predicted molar refractivity (Wildman–Crippen MR) is 81.5 cm³/mol. The van der Waals surface area contributed by atoms with Gasteiger partial charge in [-0.3, -0.25) is 0 Å². The topological polar surface area (TPSA) is 39.7 Å². The summed E-state index contributed by atoms with van der Waals surface area (Å²) in [5.41, 5.74) is 2.45. The highest BCUT2D eigenvalue weighted by molar-refractivity contribution is 5.38. The average Bonchev–Trinajstić information content (AvgIpc) is 2.46. The second kappa shape index (κ2) is 9.75. The fourth-order valence-corrected chi connectivity index (χ4v) is 2.04. The van der Waals surface area contributed by atoms with Gasteiger partial charge in [0.25, 0.3) is 0 Å². The molecule has 1 rings (SSSR count). The van der Waals surface area contributed by atoms with Crippen LogP contribution in [-0.4, -0.2) is 40.6 Å². The van der Waals surface area contributed by atoms with Crippen LogP contribution < -0.4 is 10.1 Å². The second-order valence-corrected chi connectivity index (χ2v) is 4.88. The van der Waals surface area contributed by atoms with E-state index in [0.717, 1.165) is 25.3 Å². The van der Waals surface area contributed by atoms with Gasteiger partial charge in [-0.25, -0.2) is 0 Å². The van der Waals surface area contributed by atoms with Crippen molar-refractivity contribution in [3.05, 3.63) is 29.3 Å². The van der Waals surface area contributed by atoms with Crippen LogP contribution in [0.2, 0.25) is 0 Å². The molecule has 1 aromatic carbocycles. The molecule has 0 fully saturated rings. The Bertz CT molecular complexity index is 382. The molecule has 1 N–H and O–H groups in total. The zero-order chi connectivity index (χ0) is 14.8. The van der Waals surface area contributed by atoms with Crippen molar-refractivity contribution in [2.75, 3.05) is 40.6 Å². The van der Waals surface area contributed by atoms with E-state index in [1.165, 1.54) is 11.1 Å². The maximum atomic E-state index is 5.44. The van der Waals surface area contributed by atoms with Crippen LogP contribution in [0.5, 0.6) is 5.75 Å². The van der Waals surface area contributed by atoms with Gasteiger partial charge >= 0.3 is 0 Å². The molecule has 0 heterocycles. The van der Waals surface area contributed by atoms with Crippen molar-refractivity contribution in [3.63, 3.8) is 0 Å². The van der Waals surface area contributed by atoms with Crippen molar-refractivity contribution in [2.24, 2.45) is 0 Å². The summed E-state index contributed by atoms with van der Waals surface area (Å²) in [6, 6.07) is 6.53. The molecule has 0 aliphatic rings. The standard InChI is InChI=1S/C16H27NO3/c1-13-6-7-16(19-4)15(12-13)14(2)17-8-5-9-20-11-10-18-3/h6-7,12,14,17H,5,8-11H2,1-4H3. The van der Waals surface area contributed by atoms with Gasteiger partial charge < -0.3 is 19.5 Å². The average molecular weight is 281 g/mol. The van der Waals surface area contributed by atoms with Gasteiger partial charge in [-0.2, -0.15) is 0 Å². The lowest BCUT2D eigenvalue weighted by molar-refractivity contribution is 0.0693. The largest absolute Gasteiger partial charge is 0.496 e. The normalized spacial score (nSPS) is 12.4. The molecule has 0 aliphatic heterocycles. The monoisotopic (exact) mass is 281 g/mol. The van der Waals surface area contributed by atoms with Crippen molar-refractivity contribution in [2.45, 2.75) is 26.3 Å². The first-order valence-electron chi connectivity index (χ1n) is 7.13. The van der Waals surface area contributed by atoms with Crippen LogP contribution in [0.4, 0.5) is 0 Å².